The number of anilines is 1. The number of likely N-dealkylation sites (tertiary alicyclic amines) is 1. The van der Waals surface area contributed by atoms with Gasteiger partial charge in [-0.1, -0.05) is 0 Å². The number of thiophene rings is 1. The highest BCUT2D eigenvalue weighted by Crippen LogP contribution is 2.38. The Balaban J connectivity index is 1.65. The zero-order valence-electron chi connectivity index (χ0n) is 13.6. The summed E-state index contributed by atoms with van der Waals surface area (Å²) in [7, 11) is 0. The quantitative estimate of drug-likeness (QED) is 0.940. The molecule has 1 aliphatic heterocycles. The highest BCUT2D eigenvalue weighted by molar-refractivity contribution is 7.19. The molecule has 122 valence electrons. The molecule has 2 aromatic heterocycles. The molecule has 3 heterocycles. The number of rotatable bonds is 3. The van der Waals surface area contributed by atoms with Crippen molar-refractivity contribution in [1.82, 2.24) is 14.9 Å². The SMILES string of the molecule is CC(C)N1C[C@H](Nc2ncnc3sc4c(c23)CCCC4)CC1=O. The first-order valence-electron chi connectivity index (χ1n) is 8.44. The van der Waals surface area contributed by atoms with Gasteiger partial charge in [0.05, 0.1) is 11.4 Å². The van der Waals surface area contributed by atoms with Gasteiger partial charge in [0.1, 0.15) is 17.0 Å². The molecule has 1 N–H and O–H groups in total. The van der Waals surface area contributed by atoms with Crippen LogP contribution in [0.4, 0.5) is 5.82 Å². The Kier molecular flexibility index (Phi) is 3.71. The summed E-state index contributed by atoms with van der Waals surface area (Å²) >= 11 is 1.81. The maximum atomic E-state index is 12.1. The van der Waals surface area contributed by atoms with Crippen molar-refractivity contribution in [2.24, 2.45) is 0 Å². The Hall–Kier alpha value is -1.69. The van der Waals surface area contributed by atoms with Crippen molar-refractivity contribution >= 4 is 33.3 Å². The van der Waals surface area contributed by atoms with Crippen LogP contribution in [0.1, 0.15) is 43.6 Å². The standard InChI is InChI=1S/C17H22N4OS/c1-10(2)21-8-11(7-14(21)22)20-16-15-12-5-3-4-6-13(12)23-17(15)19-9-18-16/h9-11H,3-8H2,1-2H3,(H,18,19,20)/t11-/m1/s1. The molecule has 1 atom stereocenters. The van der Waals surface area contributed by atoms with Gasteiger partial charge in [-0.3, -0.25) is 4.79 Å². The van der Waals surface area contributed by atoms with Crippen LogP contribution in [0.25, 0.3) is 10.2 Å². The lowest BCUT2D eigenvalue weighted by Crippen LogP contribution is -2.33. The molecule has 2 aliphatic rings. The van der Waals surface area contributed by atoms with Gasteiger partial charge in [-0.2, -0.15) is 0 Å². The third-order valence-electron chi connectivity index (χ3n) is 4.87. The van der Waals surface area contributed by atoms with Crippen molar-refractivity contribution < 1.29 is 4.79 Å². The zero-order valence-corrected chi connectivity index (χ0v) is 14.4. The molecular weight excluding hydrogens is 308 g/mol. The maximum Gasteiger partial charge on any atom is 0.225 e. The Morgan fingerprint density at radius 3 is 2.91 bits per heavy atom. The van der Waals surface area contributed by atoms with Gasteiger partial charge >= 0.3 is 0 Å². The van der Waals surface area contributed by atoms with E-state index in [0.29, 0.717) is 6.42 Å². The van der Waals surface area contributed by atoms with E-state index < -0.39 is 0 Å². The number of carbonyl (C=O) groups is 1. The number of nitrogens with zero attached hydrogens (tertiary/aromatic N) is 3. The summed E-state index contributed by atoms with van der Waals surface area (Å²) < 4.78 is 0. The lowest BCUT2D eigenvalue weighted by molar-refractivity contribution is -0.129. The molecule has 0 bridgehead atoms. The van der Waals surface area contributed by atoms with Crippen molar-refractivity contribution in [3.8, 4) is 0 Å². The van der Waals surface area contributed by atoms with E-state index in [2.05, 4.69) is 29.1 Å². The van der Waals surface area contributed by atoms with Crippen LogP contribution in [0.15, 0.2) is 6.33 Å². The van der Waals surface area contributed by atoms with Gasteiger partial charge in [-0.25, -0.2) is 9.97 Å². The zero-order chi connectivity index (χ0) is 16.0. The third kappa shape index (κ3) is 2.59. The first kappa shape index (κ1) is 14.9. The molecular formula is C17H22N4OS. The Morgan fingerprint density at radius 2 is 2.13 bits per heavy atom. The molecule has 1 aliphatic carbocycles. The predicted molar refractivity (Wildman–Crippen MR) is 92.9 cm³/mol. The van der Waals surface area contributed by atoms with Crippen LogP contribution in [-0.4, -0.2) is 39.4 Å². The molecule has 2 aromatic rings. The summed E-state index contributed by atoms with van der Waals surface area (Å²) in [5.74, 6) is 1.15. The van der Waals surface area contributed by atoms with Gasteiger partial charge in [0.25, 0.3) is 0 Å². The minimum absolute atomic E-state index is 0.141. The number of amides is 1. The monoisotopic (exact) mass is 330 g/mol. The molecule has 4 rings (SSSR count). The van der Waals surface area contributed by atoms with Crippen LogP contribution in [-0.2, 0) is 17.6 Å². The van der Waals surface area contributed by atoms with Crippen molar-refractivity contribution in [3.63, 3.8) is 0 Å². The topological polar surface area (TPSA) is 58.1 Å². The van der Waals surface area contributed by atoms with E-state index in [4.69, 9.17) is 0 Å². The van der Waals surface area contributed by atoms with Crippen LogP contribution >= 0.6 is 11.3 Å². The molecule has 5 nitrogen and oxygen atoms in total. The van der Waals surface area contributed by atoms with Gasteiger partial charge in [0.2, 0.25) is 5.91 Å². The van der Waals surface area contributed by atoms with Crippen LogP contribution in [0, 0.1) is 0 Å². The molecule has 0 saturated carbocycles. The number of aromatic nitrogens is 2. The largest absolute Gasteiger partial charge is 0.364 e. The minimum Gasteiger partial charge on any atom is -0.364 e. The maximum absolute atomic E-state index is 12.1. The highest BCUT2D eigenvalue weighted by atomic mass is 32.1. The molecule has 1 fully saturated rings. The fourth-order valence-electron chi connectivity index (χ4n) is 3.72. The average molecular weight is 330 g/mol. The predicted octanol–water partition coefficient (Wildman–Crippen LogP) is 2.99. The van der Waals surface area contributed by atoms with E-state index in [1.165, 1.54) is 35.1 Å². The van der Waals surface area contributed by atoms with Crippen LogP contribution in [0.2, 0.25) is 0 Å². The second kappa shape index (κ2) is 5.74. The van der Waals surface area contributed by atoms with E-state index in [9.17, 15) is 4.79 Å². The molecule has 0 unspecified atom stereocenters. The first-order valence-corrected chi connectivity index (χ1v) is 9.26. The summed E-state index contributed by atoms with van der Waals surface area (Å²) in [6, 6.07) is 0.399. The molecule has 0 radical (unpaired) electrons. The summed E-state index contributed by atoms with van der Waals surface area (Å²) in [5.41, 5.74) is 1.43. The van der Waals surface area contributed by atoms with Gasteiger partial charge in [-0.05, 0) is 45.1 Å². The number of hydrogen-bond donors (Lipinski definition) is 1. The van der Waals surface area contributed by atoms with Crippen molar-refractivity contribution in [2.45, 2.75) is 58.0 Å². The molecule has 6 heteroatoms. The van der Waals surface area contributed by atoms with E-state index in [0.717, 1.165) is 23.6 Å². The molecule has 1 amide bonds. The van der Waals surface area contributed by atoms with E-state index in [1.54, 1.807) is 6.33 Å². The average Bonchev–Trinajstić information content (AvgIpc) is 3.08. The number of nitrogens with one attached hydrogen (secondary N) is 1. The van der Waals surface area contributed by atoms with Crippen LogP contribution in [0.5, 0.6) is 0 Å². The molecule has 23 heavy (non-hydrogen) atoms. The van der Waals surface area contributed by atoms with Crippen LogP contribution in [0.3, 0.4) is 0 Å². The highest BCUT2D eigenvalue weighted by Gasteiger charge is 2.32. The summed E-state index contributed by atoms with van der Waals surface area (Å²) in [6.45, 7) is 4.89. The van der Waals surface area contributed by atoms with Crippen molar-refractivity contribution in [3.05, 3.63) is 16.8 Å². The number of carbonyl (C=O) groups excluding carboxylic acids is 1. The number of hydrogen-bond acceptors (Lipinski definition) is 5. The fourth-order valence-corrected chi connectivity index (χ4v) is 4.95. The van der Waals surface area contributed by atoms with Gasteiger partial charge < -0.3 is 10.2 Å². The van der Waals surface area contributed by atoms with Gasteiger partial charge in [-0.15, -0.1) is 11.3 Å². The second-order valence-electron chi connectivity index (χ2n) is 6.80. The van der Waals surface area contributed by atoms with Crippen molar-refractivity contribution in [2.75, 3.05) is 11.9 Å². The first-order chi connectivity index (χ1) is 11.1. The lowest BCUT2D eigenvalue weighted by Gasteiger charge is -2.21. The lowest BCUT2D eigenvalue weighted by atomic mass is 9.97. The normalized spacial score (nSPS) is 21.3. The van der Waals surface area contributed by atoms with Crippen molar-refractivity contribution in [1.29, 1.82) is 0 Å². The Bertz CT molecular complexity index is 754. The van der Waals surface area contributed by atoms with Gasteiger partial charge in [0.15, 0.2) is 0 Å². The summed E-state index contributed by atoms with van der Waals surface area (Å²) in [6.07, 6.45) is 7.00. The smallest absolute Gasteiger partial charge is 0.225 e. The molecule has 0 aromatic carbocycles. The second-order valence-corrected chi connectivity index (χ2v) is 7.88. The number of fused-ring (bicyclic) bond motifs is 3. The van der Waals surface area contributed by atoms with E-state index in [1.807, 2.05) is 16.2 Å². The Morgan fingerprint density at radius 1 is 1.30 bits per heavy atom. The summed E-state index contributed by atoms with van der Waals surface area (Å²) in [5, 5.41) is 4.73. The molecule has 1 saturated heterocycles. The molecule has 0 spiro atoms. The minimum atomic E-state index is 0.141. The third-order valence-corrected chi connectivity index (χ3v) is 6.07. The summed E-state index contributed by atoms with van der Waals surface area (Å²) in [4.78, 5) is 25.6. The Labute approximate surface area is 140 Å². The van der Waals surface area contributed by atoms with E-state index >= 15 is 0 Å². The van der Waals surface area contributed by atoms with Crippen LogP contribution < -0.4 is 5.32 Å². The van der Waals surface area contributed by atoms with Gasteiger partial charge in [0, 0.05) is 23.9 Å². The fraction of sp³-hybridized carbons (Fsp3) is 0.588. The van der Waals surface area contributed by atoms with E-state index in [-0.39, 0.29) is 18.0 Å². The number of aryl methyl sites for hydroxylation is 2.